The van der Waals surface area contributed by atoms with Gasteiger partial charge in [0.25, 0.3) is 11.8 Å². The number of amides is 2. The number of ether oxygens (including phenoxy) is 2. The molecule has 0 aliphatic carbocycles. The standard InChI is InChI=1S/C19H21NO4/c21-18-6-1-2-10-20(18)19(22)8-7-15-4-3-5-17(12-15)24-14-16-9-11-23-13-16/h1,3-8,12,16H,2,9-11,13-14H2/b8-7+. The second-order valence-electron chi connectivity index (χ2n) is 5.97. The van der Waals surface area contributed by atoms with Gasteiger partial charge in [0.2, 0.25) is 0 Å². The molecule has 24 heavy (non-hydrogen) atoms. The molecule has 5 heteroatoms. The van der Waals surface area contributed by atoms with E-state index in [1.54, 1.807) is 12.2 Å². The van der Waals surface area contributed by atoms with Crippen molar-refractivity contribution in [1.29, 1.82) is 0 Å². The van der Waals surface area contributed by atoms with E-state index in [1.807, 2.05) is 24.3 Å². The topological polar surface area (TPSA) is 55.8 Å². The summed E-state index contributed by atoms with van der Waals surface area (Å²) in [6.07, 6.45) is 8.11. The first-order valence-electron chi connectivity index (χ1n) is 8.23. The van der Waals surface area contributed by atoms with Crippen molar-refractivity contribution in [2.75, 3.05) is 26.4 Å². The Hall–Kier alpha value is -2.40. The normalized spacial score (nSPS) is 20.8. The minimum atomic E-state index is -0.293. The number of hydrogen-bond acceptors (Lipinski definition) is 4. The largest absolute Gasteiger partial charge is 0.493 e. The van der Waals surface area contributed by atoms with Crippen molar-refractivity contribution in [3.63, 3.8) is 0 Å². The summed E-state index contributed by atoms with van der Waals surface area (Å²) < 4.78 is 11.1. The van der Waals surface area contributed by atoms with Gasteiger partial charge in [-0.1, -0.05) is 18.2 Å². The Morgan fingerprint density at radius 2 is 2.33 bits per heavy atom. The Labute approximate surface area is 141 Å². The van der Waals surface area contributed by atoms with Gasteiger partial charge in [-0.15, -0.1) is 0 Å². The first kappa shape index (κ1) is 16.5. The third kappa shape index (κ3) is 4.32. The summed E-state index contributed by atoms with van der Waals surface area (Å²) in [7, 11) is 0. The summed E-state index contributed by atoms with van der Waals surface area (Å²) in [4.78, 5) is 25.0. The van der Waals surface area contributed by atoms with Gasteiger partial charge in [0.05, 0.1) is 13.2 Å². The Kier molecular flexibility index (Phi) is 5.43. The highest BCUT2D eigenvalue weighted by molar-refractivity contribution is 6.06. The maximum Gasteiger partial charge on any atom is 0.253 e. The summed E-state index contributed by atoms with van der Waals surface area (Å²) in [5.41, 5.74) is 0.864. The van der Waals surface area contributed by atoms with Gasteiger partial charge in [0.15, 0.2) is 0 Å². The van der Waals surface area contributed by atoms with Crippen LogP contribution >= 0.6 is 0 Å². The molecule has 2 amide bonds. The van der Waals surface area contributed by atoms with E-state index in [0.29, 0.717) is 25.5 Å². The van der Waals surface area contributed by atoms with Crippen molar-refractivity contribution in [2.45, 2.75) is 12.8 Å². The molecular weight excluding hydrogens is 306 g/mol. The predicted molar refractivity (Wildman–Crippen MR) is 90.4 cm³/mol. The highest BCUT2D eigenvalue weighted by Gasteiger charge is 2.19. The molecule has 1 fully saturated rings. The Morgan fingerprint density at radius 3 is 3.12 bits per heavy atom. The fourth-order valence-corrected chi connectivity index (χ4v) is 2.70. The van der Waals surface area contributed by atoms with Gasteiger partial charge in [0.1, 0.15) is 5.75 Å². The van der Waals surface area contributed by atoms with Gasteiger partial charge in [-0.3, -0.25) is 14.5 Å². The van der Waals surface area contributed by atoms with Crippen LogP contribution in [0.3, 0.4) is 0 Å². The van der Waals surface area contributed by atoms with Crippen LogP contribution in [0, 0.1) is 5.92 Å². The lowest BCUT2D eigenvalue weighted by atomic mass is 10.1. The van der Waals surface area contributed by atoms with Crippen LogP contribution in [0.2, 0.25) is 0 Å². The summed E-state index contributed by atoms with van der Waals surface area (Å²) in [6, 6.07) is 7.57. The van der Waals surface area contributed by atoms with Crippen molar-refractivity contribution in [2.24, 2.45) is 5.92 Å². The molecule has 0 radical (unpaired) electrons. The molecule has 1 aromatic carbocycles. The number of imide groups is 1. The monoisotopic (exact) mass is 327 g/mol. The first-order chi connectivity index (χ1) is 11.7. The van der Waals surface area contributed by atoms with Crippen LogP contribution in [0.1, 0.15) is 18.4 Å². The molecule has 0 N–H and O–H groups in total. The first-order valence-corrected chi connectivity index (χ1v) is 8.23. The molecule has 0 spiro atoms. The summed E-state index contributed by atoms with van der Waals surface area (Å²) >= 11 is 0. The molecule has 0 aromatic heterocycles. The predicted octanol–water partition coefficient (Wildman–Crippen LogP) is 2.43. The Bertz CT molecular complexity index is 659. The van der Waals surface area contributed by atoms with Crippen molar-refractivity contribution >= 4 is 17.9 Å². The van der Waals surface area contributed by atoms with Crippen molar-refractivity contribution in [3.8, 4) is 5.75 Å². The van der Waals surface area contributed by atoms with Crippen LogP contribution < -0.4 is 4.74 Å². The summed E-state index contributed by atoms with van der Waals surface area (Å²) in [5.74, 6) is 0.669. The van der Waals surface area contributed by atoms with Crippen molar-refractivity contribution < 1.29 is 19.1 Å². The van der Waals surface area contributed by atoms with Crippen LogP contribution in [0.15, 0.2) is 42.5 Å². The Balaban J connectivity index is 1.58. The zero-order chi connectivity index (χ0) is 16.8. The molecule has 1 unspecified atom stereocenters. The molecule has 1 aromatic rings. The van der Waals surface area contributed by atoms with Crippen molar-refractivity contribution in [3.05, 3.63) is 48.1 Å². The lowest BCUT2D eigenvalue weighted by molar-refractivity contribution is -0.139. The lowest BCUT2D eigenvalue weighted by Crippen LogP contribution is -2.37. The molecule has 5 nitrogen and oxygen atoms in total. The van der Waals surface area contributed by atoms with Crippen LogP contribution in [0.5, 0.6) is 5.75 Å². The molecule has 2 aliphatic rings. The molecule has 3 rings (SSSR count). The zero-order valence-electron chi connectivity index (χ0n) is 13.5. The quantitative estimate of drug-likeness (QED) is 0.780. The van der Waals surface area contributed by atoms with Gasteiger partial charge >= 0.3 is 0 Å². The number of rotatable bonds is 5. The molecule has 126 valence electrons. The van der Waals surface area contributed by atoms with Crippen LogP contribution in [0.4, 0.5) is 0 Å². The average Bonchev–Trinajstić information content (AvgIpc) is 3.12. The Morgan fingerprint density at radius 1 is 1.42 bits per heavy atom. The average molecular weight is 327 g/mol. The van der Waals surface area contributed by atoms with Crippen molar-refractivity contribution in [1.82, 2.24) is 4.90 Å². The third-order valence-electron chi connectivity index (χ3n) is 4.10. The van der Waals surface area contributed by atoms with E-state index in [2.05, 4.69) is 0 Å². The fraction of sp³-hybridized carbons (Fsp3) is 0.368. The minimum absolute atomic E-state index is 0.258. The van der Waals surface area contributed by atoms with Gasteiger partial charge in [-0.25, -0.2) is 0 Å². The molecule has 0 saturated carbocycles. The summed E-state index contributed by atoms with van der Waals surface area (Å²) in [5, 5.41) is 0. The second kappa shape index (κ2) is 7.93. The number of benzene rings is 1. The van der Waals surface area contributed by atoms with Crippen LogP contribution in [-0.4, -0.2) is 43.1 Å². The molecule has 1 atom stereocenters. The smallest absolute Gasteiger partial charge is 0.253 e. The van der Waals surface area contributed by atoms with Gasteiger partial charge < -0.3 is 9.47 Å². The maximum atomic E-state index is 12.1. The summed E-state index contributed by atoms with van der Waals surface area (Å²) in [6.45, 7) is 2.64. The van der Waals surface area contributed by atoms with Crippen LogP contribution in [0.25, 0.3) is 6.08 Å². The zero-order valence-corrected chi connectivity index (χ0v) is 13.5. The number of nitrogens with zero attached hydrogens (tertiary/aromatic N) is 1. The molecule has 2 heterocycles. The van der Waals surface area contributed by atoms with E-state index in [9.17, 15) is 9.59 Å². The van der Waals surface area contributed by atoms with E-state index >= 15 is 0 Å². The third-order valence-corrected chi connectivity index (χ3v) is 4.10. The molecule has 0 bridgehead atoms. The second-order valence-corrected chi connectivity index (χ2v) is 5.97. The lowest BCUT2D eigenvalue weighted by Gasteiger charge is -2.19. The van der Waals surface area contributed by atoms with E-state index in [1.165, 1.54) is 17.1 Å². The fourth-order valence-electron chi connectivity index (χ4n) is 2.70. The number of carbonyl (C=O) groups is 2. The van der Waals surface area contributed by atoms with Crippen LogP contribution in [-0.2, 0) is 14.3 Å². The number of hydrogen-bond donors (Lipinski definition) is 0. The molecule has 2 aliphatic heterocycles. The minimum Gasteiger partial charge on any atom is -0.493 e. The van der Waals surface area contributed by atoms with E-state index in [0.717, 1.165) is 30.9 Å². The van der Waals surface area contributed by atoms with Gasteiger partial charge in [-0.05, 0) is 42.7 Å². The van der Waals surface area contributed by atoms with E-state index in [4.69, 9.17) is 9.47 Å². The van der Waals surface area contributed by atoms with E-state index < -0.39 is 0 Å². The van der Waals surface area contributed by atoms with Gasteiger partial charge in [0, 0.05) is 25.1 Å². The SMILES string of the molecule is O=C1C=CCCN1C(=O)/C=C/c1cccc(OCC2CCOC2)c1. The van der Waals surface area contributed by atoms with Gasteiger partial charge in [-0.2, -0.15) is 0 Å². The number of carbonyl (C=O) groups excluding carboxylic acids is 2. The molecular formula is C19H21NO4. The highest BCUT2D eigenvalue weighted by atomic mass is 16.5. The molecule has 1 saturated heterocycles. The van der Waals surface area contributed by atoms with E-state index in [-0.39, 0.29) is 11.8 Å². The highest BCUT2D eigenvalue weighted by Crippen LogP contribution is 2.18. The maximum absolute atomic E-state index is 12.1.